The number of carboxylic acids is 1. The summed E-state index contributed by atoms with van der Waals surface area (Å²) in [5.41, 5.74) is 4.68. The Balaban J connectivity index is 1.35. The van der Waals surface area contributed by atoms with Gasteiger partial charge < -0.3 is 14.8 Å². The second-order valence-electron chi connectivity index (χ2n) is 10.8. The van der Waals surface area contributed by atoms with Gasteiger partial charge in [-0.2, -0.15) is 0 Å². The van der Waals surface area contributed by atoms with E-state index in [0.29, 0.717) is 6.42 Å². The quantitative estimate of drug-likeness (QED) is 0.182. The number of rotatable bonds is 9. The number of hydrogen-bond acceptors (Lipinski definition) is 3. The highest BCUT2D eigenvalue weighted by Crippen LogP contribution is 2.41. The second-order valence-corrected chi connectivity index (χ2v) is 10.8. The van der Waals surface area contributed by atoms with Crippen LogP contribution in [0.15, 0.2) is 140 Å². The largest absolute Gasteiger partial charge is 0.478 e. The molecule has 0 radical (unpaired) electrons. The fourth-order valence-electron chi connectivity index (χ4n) is 5.99. The smallest absolute Gasteiger partial charge is 0.335 e. The van der Waals surface area contributed by atoms with E-state index in [0.717, 1.165) is 38.7 Å². The zero-order valence-corrected chi connectivity index (χ0v) is 23.3. The summed E-state index contributed by atoms with van der Waals surface area (Å²) in [6.45, 7) is 2.03. The van der Waals surface area contributed by atoms with Crippen molar-refractivity contribution in [2.45, 2.75) is 25.0 Å². The highest BCUT2D eigenvalue weighted by atomic mass is 16.4. The molecule has 5 nitrogen and oxygen atoms in total. The van der Waals surface area contributed by atoms with Crippen LogP contribution in [0.3, 0.4) is 0 Å². The molecule has 6 rings (SSSR count). The normalized spacial score (nSPS) is 13.1. The first-order chi connectivity index (χ1) is 20.5. The number of benzene rings is 5. The first kappa shape index (κ1) is 27.2. The number of carboxylic acid groups (broad SMARTS) is 1. The number of fused-ring (bicyclic) bond motifs is 1. The number of aromatic carboxylic acids is 1. The van der Waals surface area contributed by atoms with Crippen molar-refractivity contribution < 1.29 is 15.0 Å². The summed E-state index contributed by atoms with van der Waals surface area (Å²) < 4.78 is 2.19. The van der Waals surface area contributed by atoms with Crippen LogP contribution < -0.4 is 0 Å². The van der Waals surface area contributed by atoms with Gasteiger partial charge in [-0.25, -0.2) is 9.78 Å². The van der Waals surface area contributed by atoms with Crippen LogP contribution in [0.1, 0.15) is 51.3 Å². The van der Waals surface area contributed by atoms with Gasteiger partial charge in [-0.1, -0.05) is 116 Å². The van der Waals surface area contributed by atoms with Crippen LogP contribution in [-0.4, -0.2) is 25.7 Å². The summed E-state index contributed by atoms with van der Waals surface area (Å²) in [6, 6.07) is 42.2. The Kier molecular flexibility index (Phi) is 7.43. The van der Waals surface area contributed by atoms with E-state index in [4.69, 9.17) is 4.98 Å². The van der Waals surface area contributed by atoms with Gasteiger partial charge in [0, 0.05) is 6.20 Å². The monoisotopic (exact) mass is 552 g/mol. The molecule has 0 aliphatic carbocycles. The molecule has 1 aromatic heterocycles. The fourth-order valence-corrected chi connectivity index (χ4v) is 5.99. The van der Waals surface area contributed by atoms with Crippen molar-refractivity contribution in [3.63, 3.8) is 0 Å². The lowest BCUT2D eigenvalue weighted by molar-refractivity contribution is 0.0697. The molecular formula is C37H32N2O3. The summed E-state index contributed by atoms with van der Waals surface area (Å²) in [4.78, 5) is 16.2. The van der Waals surface area contributed by atoms with Gasteiger partial charge in [0.1, 0.15) is 5.54 Å². The van der Waals surface area contributed by atoms with Crippen LogP contribution >= 0.6 is 0 Å². The third-order valence-electron chi connectivity index (χ3n) is 8.12. The minimum atomic E-state index is -0.954. The fraction of sp³-hybridized carbons (Fsp3) is 0.135. The van der Waals surface area contributed by atoms with Crippen molar-refractivity contribution in [1.82, 2.24) is 9.55 Å². The summed E-state index contributed by atoms with van der Waals surface area (Å²) in [6.07, 6.45) is 3.88. The van der Waals surface area contributed by atoms with Crippen LogP contribution in [-0.2, 0) is 12.0 Å². The standard InChI is InChI=1S/C37H32N2O3/c1-26(35(40)29-19-17-28-23-30(36(41)42)20-18-27(28)22-29)21-34-24-39(25-38-34)37(31-11-5-2-6-12-31,32-13-7-3-8-14-32)33-15-9-4-10-16-33/h2-20,22-26,35,40H,21H2,1H3,(H,41,42). The number of hydrogen-bond donors (Lipinski definition) is 2. The van der Waals surface area contributed by atoms with E-state index in [-0.39, 0.29) is 11.5 Å². The average molecular weight is 553 g/mol. The SMILES string of the molecule is CC(Cc1cn(C(c2ccccc2)(c2ccccc2)c2ccccc2)cn1)C(O)c1ccc2cc(C(=O)O)ccc2c1. The molecule has 0 spiro atoms. The Labute approximate surface area is 245 Å². The van der Waals surface area contributed by atoms with Gasteiger partial charge in [-0.3, -0.25) is 0 Å². The lowest BCUT2D eigenvalue weighted by atomic mass is 9.77. The van der Waals surface area contributed by atoms with Gasteiger partial charge in [0.2, 0.25) is 0 Å². The topological polar surface area (TPSA) is 75.3 Å². The van der Waals surface area contributed by atoms with Crippen LogP contribution in [0, 0.1) is 5.92 Å². The van der Waals surface area contributed by atoms with Gasteiger partial charge in [0.05, 0.1) is 23.7 Å². The molecule has 2 N–H and O–H groups in total. The van der Waals surface area contributed by atoms with Crippen LogP contribution in [0.2, 0.25) is 0 Å². The van der Waals surface area contributed by atoms with E-state index in [1.807, 2.05) is 49.6 Å². The number of aliphatic hydroxyl groups is 1. The number of aromatic nitrogens is 2. The van der Waals surface area contributed by atoms with Crippen LogP contribution in [0.4, 0.5) is 0 Å². The van der Waals surface area contributed by atoms with E-state index in [9.17, 15) is 15.0 Å². The molecule has 0 bridgehead atoms. The van der Waals surface area contributed by atoms with Crippen molar-refractivity contribution in [2.75, 3.05) is 0 Å². The van der Waals surface area contributed by atoms with Crippen molar-refractivity contribution >= 4 is 16.7 Å². The highest BCUT2D eigenvalue weighted by Gasteiger charge is 2.38. The summed E-state index contributed by atoms with van der Waals surface area (Å²) >= 11 is 0. The van der Waals surface area contributed by atoms with E-state index in [2.05, 4.69) is 83.6 Å². The molecule has 6 aromatic rings. The lowest BCUT2D eigenvalue weighted by Gasteiger charge is -2.37. The van der Waals surface area contributed by atoms with Crippen molar-refractivity contribution in [2.24, 2.45) is 5.92 Å². The molecule has 0 fully saturated rings. The molecule has 2 atom stereocenters. The van der Waals surface area contributed by atoms with E-state index < -0.39 is 17.6 Å². The van der Waals surface area contributed by atoms with Gasteiger partial charge in [-0.15, -0.1) is 0 Å². The van der Waals surface area contributed by atoms with Crippen LogP contribution in [0.5, 0.6) is 0 Å². The average Bonchev–Trinajstić information content (AvgIpc) is 3.50. The van der Waals surface area contributed by atoms with Gasteiger partial charge in [0.25, 0.3) is 0 Å². The minimum absolute atomic E-state index is 0.108. The Bertz CT molecular complexity index is 1720. The Morgan fingerprint density at radius 3 is 1.83 bits per heavy atom. The lowest BCUT2D eigenvalue weighted by Crippen LogP contribution is -2.36. The zero-order valence-electron chi connectivity index (χ0n) is 23.3. The first-order valence-corrected chi connectivity index (χ1v) is 14.1. The van der Waals surface area contributed by atoms with Crippen molar-refractivity contribution in [3.8, 4) is 0 Å². The Morgan fingerprint density at radius 2 is 1.29 bits per heavy atom. The molecule has 0 saturated heterocycles. The van der Waals surface area contributed by atoms with Crippen molar-refractivity contribution in [1.29, 1.82) is 0 Å². The third-order valence-corrected chi connectivity index (χ3v) is 8.12. The molecule has 0 aliphatic rings. The molecular weight excluding hydrogens is 520 g/mol. The molecule has 0 amide bonds. The molecule has 5 aromatic carbocycles. The summed E-state index contributed by atoms with van der Waals surface area (Å²) in [5.74, 6) is -1.06. The molecule has 42 heavy (non-hydrogen) atoms. The minimum Gasteiger partial charge on any atom is -0.478 e. The van der Waals surface area contributed by atoms with E-state index >= 15 is 0 Å². The second kappa shape index (κ2) is 11.5. The maximum absolute atomic E-state index is 11.3. The van der Waals surface area contributed by atoms with Crippen molar-refractivity contribution in [3.05, 3.63) is 173 Å². The number of nitrogens with zero attached hydrogens (tertiary/aromatic N) is 2. The van der Waals surface area contributed by atoms with E-state index in [1.54, 1.807) is 18.2 Å². The predicted molar refractivity (Wildman–Crippen MR) is 166 cm³/mol. The maximum Gasteiger partial charge on any atom is 0.335 e. The number of imidazole rings is 1. The van der Waals surface area contributed by atoms with Gasteiger partial charge in [-0.05, 0) is 63.6 Å². The number of aliphatic hydroxyl groups excluding tert-OH is 1. The first-order valence-electron chi connectivity index (χ1n) is 14.1. The highest BCUT2D eigenvalue weighted by molar-refractivity contribution is 5.94. The van der Waals surface area contributed by atoms with E-state index in [1.165, 1.54) is 0 Å². The number of carbonyl (C=O) groups is 1. The molecule has 208 valence electrons. The Morgan fingerprint density at radius 1 is 0.762 bits per heavy atom. The Hall–Kier alpha value is -5.00. The summed E-state index contributed by atoms with van der Waals surface area (Å²) in [5, 5.41) is 22.3. The predicted octanol–water partition coefficient (Wildman–Crippen LogP) is 7.49. The molecule has 0 saturated carbocycles. The molecule has 5 heteroatoms. The summed E-state index contributed by atoms with van der Waals surface area (Å²) in [7, 11) is 0. The van der Waals surface area contributed by atoms with Gasteiger partial charge >= 0.3 is 5.97 Å². The molecule has 1 heterocycles. The zero-order chi connectivity index (χ0) is 29.1. The maximum atomic E-state index is 11.3. The van der Waals surface area contributed by atoms with Crippen LogP contribution in [0.25, 0.3) is 10.8 Å². The molecule has 2 unspecified atom stereocenters. The molecule has 0 aliphatic heterocycles. The third kappa shape index (κ3) is 5.00. The van der Waals surface area contributed by atoms with Gasteiger partial charge in [0.15, 0.2) is 0 Å².